The molecule has 2 aromatic carbocycles. The van der Waals surface area contributed by atoms with Crippen molar-refractivity contribution in [3.63, 3.8) is 0 Å². The molecule has 20 heteroatoms. The Morgan fingerprint density at radius 2 is 1.78 bits per heavy atom. The van der Waals surface area contributed by atoms with Crippen LogP contribution in [-0.2, 0) is 30.3 Å². The molecule has 3 heterocycles. The van der Waals surface area contributed by atoms with Gasteiger partial charge in [-0.3, -0.25) is 4.55 Å². The van der Waals surface area contributed by atoms with Gasteiger partial charge in [-0.1, -0.05) is 18.1 Å². The maximum atomic E-state index is 14.4. The van der Waals surface area contributed by atoms with Crippen molar-refractivity contribution in [3.8, 4) is 39.8 Å². The first-order valence-electron chi connectivity index (χ1n) is 14.0. The van der Waals surface area contributed by atoms with E-state index in [1.165, 1.54) is 24.4 Å². The van der Waals surface area contributed by atoms with Gasteiger partial charge >= 0.3 is 22.5 Å². The summed E-state index contributed by atoms with van der Waals surface area (Å²) in [7, 11) is -4.74. The predicted octanol–water partition coefficient (Wildman–Crippen LogP) is 5.15. The molecule has 1 N–H and O–H groups in total. The van der Waals surface area contributed by atoms with Crippen molar-refractivity contribution in [1.29, 1.82) is 0 Å². The van der Waals surface area contributed by atoms with Crippen LogP contribution in [0.1, 0.15) is 37.1 Å². The van der Waals surface area contributed by atoms with Crippen LogP contribution < -0.4 is 4.74 Å². The maximum absolute atomic E-state index is 14.4. The van der Waals surface area contributed by atoms with Crippen molar-refractivity contribution >= 4 is 45.9 Å². The Morgan fingerprint density at radius 1 is 1.02 bits per heavy atom. The van der Waals surface area contributed by atoms with Crippen LogP contribution in [0.2, 0.25) is 0 Å². The molecule has 2 aliphatic rings. The smallest absolute Gasteiger partial charge is 0.417 e. The number of nitrogens with zero attached hydrogens (tertiary/aromatic N) is 5. The van der Waals surface area contributed by atoms with Gasteiger partial charge < -0.3 is 14.0 Å². The van der Waals surface area contributed by atoms with E-state index in [0.717, 1.165) is 35.1 Å². The largest absolute Gasteiger partial charge is 0.494 e. The number of hydrogen-bond acceptors (Lipinski definition) is 11. The summed E-state index contributed by atoms with van der Waals surface area (Å²) in [5, 5.41) is 7.89. The zero-order valence-corrected chi connectivity index (χ0v) is 28.5. The number of aromatic nitrogens is 5. The third kappa shape index (κ3) is 9.17. The minimum atomic E-state index is -4.82. The summed E-state index contributed by atoms with van der Waals surface area (Å²) in [6.07, 6.45) is -2.09. The van der Waals surface area contributed by atoms with E-state index in [4.69, 9.17) is 18.5 Å². The molecule has 0 amide bonds. The second-order valence-electron chi connectivity index (χ2n) is 10.0. The third-order valence-corrected chi connectivity index (χ3v) is 7.04. The number of ether oxygens (including phenoxy) is 2. The van der Waals surface area contributed by atoms with Crippen LogP contribution in [0.3, 0.4) is 0 Å². The molecule has 0 saturated carbocycles. The maximum Gasteiger partial charge on any atom is 0.417 e. The molecule has 255 valence electrons. The van der Waals surface area contributed by atoms with Gasteiger partial charge in [0.25, 0.3) is 0 Å². The van der Waals surface area contributed by atoms with Crippen LogP contribution in [0, 0.1) is 11.6 Å². The molecule has 0 aliphatic carbocycles. The van der Waals surface area contributed by atoms with Gasteiger partial charge in [0.05, 0.1) is 43.3 Å². The summed E-state index contributed by atoms with van der Waals surface area (Å²) >= 11 is 0. The Hall–Kier alpha value is -4.01. The standard InChI is InChI=1S/C29H24F5N5O8S.Na/c1-2-9-44-16-7-8-17(19(12-16)29(32,33)34)21-13-24(47-38-21)26(28(40)45-10-4-11-46-48(41,42)43)39-15-23-22(14-35-39)36-27(37-23)18-5-3-6-20(30)25(18)31;/h3,5-8,12-15,26H,2,4,9-11H2,1H3,(H,41,42,43);. The van der Waals surface area contributed by atoms with Gasteiger partial charge in [0.15, 0.2) is 23.2 Å². The molecular weight excluding hydrogens is 696 g/mol. The summed E-state index contributed by atoms with van der Waals surface area (Å²) in [5.41, 5.74) is -1.81. The SMILES string of the molecule is CCCOc1ccc(-c2cc(C(C(=O)OCCCOS(=O)(=O)O)n3cc4nc(-c5cccc(F)c5F)nc-4cn3)on2)c(C(F)(F)F)c1.[Na]. The summed E-state index contributed by atoms with van der Waals surface area (Å²) in [4.78, 5) is 21.7. The van der Waals surface area contributed by atoms with Crippen LogP contribution in [0.15, 0.2) is 59.4 Å². The topological polar surface area (TPSA) is 169 Å². The fourth-order valence-corrected chi connectivity index (χ4v) is 4.77. The summed E-state index contributed by atoms with van der Waals surface area (Å²) in [6.45, 7) is 1.02. The van der Waals surface area contributed by atoms with Crippen molar-refractivity contribution in [1.82, 2.24) is 24.9 Å². The van der Waals surface area contributed by atoms with E-state index >= 15 is 0 Å². The zero-order valence-electron chi connectivity index (χ0n) is 25.6. The van der Waals surface area contributed by atoms with Crippen molar-refractivity contribution in [2.75, 3.05) is 19.8 Å². The van der Waals surface area contributed by atoms with Crippen LogP contribution in [0.4, 0.5) is 22.0 Å². The Bertz CT molecular complexity index is 2010. The third-order valence-electron chi connectivity index (χ3n) is 6.57. The average molecular weight is 721 g/mol. The zero-order chi connectivity index (χ0) is 34.6. The Balaban J connectivity index is 0.00000541. The predicted molar refractivity (Wildman–Crippen MR) is 159 cm³/mol. The van der Waals surface area contributed by atoms with Crippen molar-refractivity contribution in [3.05, 3.63) is 77.8 Å². The number of hydrogen-bond donors (Lipinski definition) is 1. The van der Waals surface area contributed by atoms with E-state index in [2.05, 4.69) is 24.4 Å². The Morgan fingerprint density at radius 3 is 2.49 bits per heavy atom. The molecule has 0 spiro atoms. The van der Waals surface area contributed by atoms with E-state index in [1.807, 2.05) is 0 Å². The van der Waals surface area contributed by atoms with Crippen molar-refractivity contribution in [2.24, 2.45) is 0 Å². The van der Waals surface area contributed by atoms with Crippen molar-refractivity contribution < 1.29 is 57.9 Å². The molecule has 1 aromatic heterocycles. The van der Waals surface area contributed by atoms with Gasteiger partial charge in [0.2, 0.25) is 6.04 Å². The molecule has 2 aliphatic heterocycles. The van der Waals surface area contributed by atoms with E-state index in [0.29, 0.717) is 6.42 Å². The summed E-state index contributed by atoms with van der Waals surface area (Å²) < 4.78 is 122. The molecule has 5 rings (SSSR count). The molecular formula is C29H24F5N5NaO8S. The van der Waals surface area contributed by atoms with Crippen LogP contribution in [0.5, 0.6) is 5.75 Å². The van der Waals surface area contributed by atoms with Crippen LogP contribution in [-0.4, -0.2) is 93.2 Å². The van der Waals surface area contributed by atoms with Gasteiger partial charge in [-0.15, -0.1) is 0 Å². The van der Waals surface area contributed by atoms with Gasteiger partial charge in [-0.25, -0.2) is 32.4 Å². The number of halogens is 5. The Labute approximate surface area is 297 Å². The second kappa shape index (κ2) is 15.7. The van der Waals surface area contributed by atoms with Crippen molar-refractivity contribution in [2.45, 2.75) is 32.0 Å². The average Bonchev–Trinajstić information content (AvgIpc) is 3.68. The van der Waals surface area contributed by atoms with Crippen LogP contribution >= 0.6 is 0 Å². The first-order chi connectivity index (χ1) is 22.7. The van der Waals surface area contributed by atoms with E-state index in [9.17, 15) is 35.2 Å². The number of fused-ring (bicyclic) bond motifs is 1. The first kappa shape index (κ1) is 37.8. The molecule has 0 fully saturated rings. The monoisotopic (exact) mass is 720 g/mol. The second-order valence-corrected chi connectivity index (χ2v) is 11.1. The number of alkyl halides is 3. The normalized spacial score (nSPS) is 12.5. The molecule has 3 aromatic rings. The number of esters is 1. The summed E-state index contributed by atoms with van der Waals surface area (Å²) in [6, 6.07) is 6.16. The summed E-state index contributed by atoms with van der Waals surface area (Å²) in [5.74, 6) is -3.92. The number of carbonyl (C=O) groups excluding carboxylic acids is 1. The number of rotatable bonds is 13. The van der Waals surface area contributed by atoms with Crippen LogP contribution in [0.25, 0.3) is 34.0 Å². The number of imidazole rings is 1. The fraction of sp³-hybridized carbons (Fsp3) is 0.276. The Kier molecular flexibility index (Phi) is 12.1. The molecule has 1 radical (unpaired) electrons. The molecule has 1 unspecified atom stereocenters. The molecule has 1 atom stereocenters. The fourth-order valence-electron chi connectivity index (χ4n) is 4.44. The minimum Gasteiger partial charge on any atom is -0.494 e. The number of benzene rings is 2. The van der Waals surface area contributed by atoms with Gasteiger partial charge in [-0.2, -0.15) is 26.7 Å². The van der Waals surface area contributed by atoms with E-state index < -0.39 is 59.0 Å². The van der Waals surface area contributed by atoms with E-state index in [1.54, 1.807) is 6.92 Å². The quantitative estimate of drug-likeness (QED) is 0.0560. The first-order valence-corrected chi connectivity index (χ1v) is 15.4. The van der Waals surface area contributed by atoms with Gasteiger partial charge in [-0.05, 0) is 36.8 Å². The molecule has 13 nitrogen and oxygen atoms in total. The minimum absolute atomic E-state index is 0. The molecule has 49 heavy (non-hydrogen) atoms. The van der Waals surface area contributed by atoms with E-state index in [-0.39, 0.29) is 88.1 Å². The molecule has 0 bridgehead atoms. The number of carbonyl (C=O) groups is 1. The molecule has 0 saturated heterocycles. The van der Waals surface area contributed by atoms with Gasteiger partial charge in [0.1, 0.15) is 22.8 Å². The van der Waals surface area contributed by atoms with Gasteiger partial charge in [0, 0.05) is 47.6 Å².